The van der Waals surface area contributed by atoms with Crippen LogP contribution in [0.4, 0.5) is 0 Å². The summed E-state index contributed by atoms with van der Waals surface area (Å²) >= 11 is 9.44. The summed E-state index contributed by atoms with van der Waals surface area (Å²) in [5.74, 6) is 0.729. The van der Waals surface area contributed by atoms with Gasteiger partial charge < -0.3 is 4.98 Å². The van der Waals surface area contributed by atoms with Crippen molar-refractivity contribution in [1.82, 2.24) is 9.97 Å². The molecule has 0 atom stereocenters. The van der Waals surface area contributed by atoms with Crippen molar-refractivity contribution in [3.63, 3.8) is 0 Å². The average Bonchev–Trinajstić information content (AvgIpc) is 2.80. The lowest BCUT2D eigenvalue weighted by molar-refractivity contribution is 0.0988. The van der Waals surface area contributed by atoms with Gasteiger partial charge in [0.1, 0.15) is 16.7 Å². The summed E-state index contributed by atoms with van der Waals surface area (Å²) in [7, 11) is 0. The van der Waals surface area contributed by atoms with Gasteiger partial charge in [-0.1, -0.05) is 53.0 Å². The van der Waals surface area contributed by atoms with Gasteiger partial charge in [0, 0.05) is 17.3 Å². The van der Waals surface area contributed by atoms with Gasteiger partial charge in [-0.3, -0.25) is 4.79 Å². The summed E-state index contributed by atoms with van der Waals surface area (Å²) in [6.07, 6.45) is 3.25. The quantitative estimate of drug-likeness (QED) is 0.770. The van der Waals surface area contributed by atoms with Crippen LogP contribution in [0.3, 0.4) is 0 Å². The van der Waals surface area contributed by atoms with Crippen LogP contribution in [0.2, 0.25) is 5.15 Å². The second kappa shape index (κ2) is 7.04. The number of aromatic nitrogens is 2. The number of hydrogen-bond acceptors (Lipinski definition) is 2. The highest BCUT2D eigenvalue weighted by atomic mass is 79.9. The largest absolute Gasteiger partial charge is 0.332 e. The fourth-order valence-corrected chi connectivity index (χ4v) is 2.44. The number of rotatable bonds is 6. The van der Waals surface area contributed by atoms with Gasteiger partial charge >= 0.3 is 0 Å². The second-order valence-electron chi connectivity index (χ2n) is 4.68. The second-order valence-corrected chi connectivity index (χ2v) is 5.97. The van der Waals surface area contributed by atoms with E-state index in [0.29, 0.717) is 17.3 Å². The molecule has 0 fully saturated rings. The Kier molecular flexibility index (Phi) is 5.38. The standard InChI is InChI=1S/C15H16BrClN2O/c1-2-3-4-13-18-14(15(17)19-13)12(20)9-10-5-7-11(16)8-6-10/h5-8H,2-4,9H2,1H3,(H,18,19). The van der Waals surface area contributed by atoms with Crippen LogP contribution in [0.25, 0.3) is 0 Å². The molecule has 0 saturated heterocycles. The van der Waals surface area contributed by atoms with Crippen molar-refractivity contribution in [2.24, 2.45) is 0 Å². The molecule has 0 bridgehead atoms. The smallest absolute Gasteiger partial charge is 0.188 e. The maximum Gasteiger partial charge on any atom is 0.188 e. The number of carbonyl (C=O) groups excluding carboxylic acids is 1. The molecule has 106 valence electrons. The van der Waals surface area contributed by atoms with E-state index < -0.39 is 0 Å². The summed E-state index contributed by atoms with van der Waals surface area (Å²) in [4.78, 5) is 19.5. The highest BCUT2D eigenvalue weighted by Gasteiger charge is 2.16. The molecule has 1 aromatic heterocycles. The van der Waals surface area contributed by atoms with E-state index in [9.17, 15) is 4.79 Å². The summed E-state index contributed by atoms with van der Waals surface area (Å²) < 4.78 is 0.994. The Balaban J connectivity index is 2.08. The lowest BCUT2D eigenvalue weighted by atomic mass is 10.1. The SMILES string of the molecule is CCCCc1nc(C(=O)Cc2ccc(Br)cc2)c(Cl)[nH]1. The molecule has 20 heavy (non-hydrogen) atoms. The molecule has 5 heteroatoms. The molecule has 0 saturated carbocycles. The van der Waals surface area contributed by atoms with Crippen LogP contribution in [-0.4, -0.2) is 15.8 Å². The zero-order valence-electron chi connectivity index (χ0n) is 11.2. The van der Waals surface area contributed by atoms with Gasteiger partial charge in [-0.05, 0) is 24.1 Å². The zero-order valence-corrected chi connectivity index (χ0v) is 13.6. The summed E-state index contributed by atoms with van der Waals surface area (Å²) in [6.45, 7) is 2.12. The lowest BCUT2D eigenvalue weighted by Gasteiger charge is -1.99. The number of aromatic amines is 1. The number of aryl methyl sites for hydroxylation is 1. The van der Waals surface area contributed by atoms with Crippen molar-refractivity contribution in [2.75, 3.05) is 0 Å². The predicted octanol–water partition coefficient (Wildman–Crippen LogP) is 4.59. The molecule has 0 aliphatic carbocycles. The van der Waals surface area contributed by atoms with E-state index in [1.54, 1.807) is 0 Å². The lowest BCUT2D eigenvalue weighted by Crippen LogP contribution is -2.05. The normalized spacial score (nSPS) is 10.8. The molecule has 0 spiro atoms. The number of unbranched alkanes of at least 4 members (excludes halogenated alkanes) is 1. The van der Waals surface area contributed by atoms with Gasteiger partial charge in [0.25, 0.3) is 0 Å². The summed E-state index contributed by atoms with van der Waals surface area (Å²) in [5, 5.41) is 0.346. The van der Waals surface area contributed by atoms with E-state index in [0.717, 1.165) is 35.1 Å². The molecule has 0 aliphatic rings. The molecule has 0 unspecified atom stereocenters. The van der Waals surface area contributed by atoms with Crippen LogP contribution in [0.5, 0.6) is 0 Å². The number of benzene rings is 1. The van der Waals surface area contributed by atoms with Gasteiger partial charge in [0.2, 0.25) is 0 Å². The minimum Gasteiger partial charge on any atom is -0.332 e. The number of hydrogen-bond donors (Lipinski definition) is 1. The van der Waals surface area contributed by atoms with Crippen molar-refractivity contribution < 1.29 is 4.79 Å². The van der Waals surface area contributed by atoms with E-state index >= 15 is 0 Å². The topological polar surface area (TPSA) is 45.8 Å². The number of ketones is 1. The first-order valence-corrected chi connectivity index (χ1v) is 7.79. The average molecular weight is 356 g/mol. The molecular formula is C15H16BrClN2O. The third kappa shape index (κ3) is 3.93. The minimum atomic E-state index is -0.0590. The highest BCUT2D eigenvalue weighted by Crippen LogP contribution is 2.18. The van der Waals surface area contributed by atoms with Crippen molar-refractivity contribution in [3.8, 4) is 0 Å². The van der Waals surface area contributed by atoms with E-state index in [4.69, 9.17) is 11.6 Å². The Hall–Kier alpha value is -1.13. The van der Waals surface area contributed by atoms with Gasteiger partial charge in [-0.15, -0.1) is 0 Å². The van der Waals surface area contributed by atoms with Crippen molar-refractivity contribution >= 4 is 33.3 Å². The van der Waals surface area contributed by atoms with Gasteiger partial charge in [-0.2, -0.15) is 0 Å². The Labute approximate surface area is 131 Å². The van der Waals surface area contributed by atoms with Gasteiger partial charge in [-0.25, -0.2) is 4.98 Å². The molecular weight excluding hydrogens is 340 g/mol. The summed E-state index contributed by atoms with van der Waals surface area (Å²) in [6, 6.07) is 7.67. The molecule has 0 amide bonds. The maximum absolute atomic E-state index is 12.2. The first kappa shape index (κ1) is 15.3. The Morgan fingerprint density at radius 2 is 2.05 bits per heavy atom. The Morgan fingerprint density at radius 3 is 2.70 bits per heavy atom. The molecule has 1 N–H and O–H groups in total. The van der Waals surface area contributed by atoms with E-state index in [2.05, 4.69) is 32.8 Å². The third-order valence-electron chi connectivity index (χ3n) is 3.02. The molecule has 2 rings (SSSR count). The predicted molar refractivity (Wildman–Crippen MR) is 84.4 cm³/mol. The first-order valence-electron chi connectivity index (χ1n) is 6.62. The molecule has 1 aromatic carbocycles. The van der Waals surface area contributed by atoms with Gasteiger partial charge in [0.15, 0.2) is 5.78 Å². The van der Waals surface area contributed by atoms with E-state index in [-0.39, 0.29) is 5.78 Å². The number of carbonyl (C=O) groups is 1. The number of nitrogens with zero attached hydrogens (tertiary/aromatic N) is 1. The van der Waals surface area contributed by atoms with E-state index in [1.807, 2.05) is 24.3 Å². The van der Waals surface area contributed by atoms with Crippen LogP contribution in [0.15, 0.2) is 28.7 Å². The fourth-order valence-electron chi connectivity index (χ4n) is 1.92. The number of H-pyrrole nitrogens is 1. The number of nitrogens with one attached hydrogen (secondary N) is 1. The van der Waals surface area contributed by atoms with E-state index in [1.165, 1.54) is 0 Å². The van der Waals surface area contributed by atoms with Crippen molar-refractivity contribution in [3.05, 3.63) is 51.0 Å². The number of halogens is 2. The molecule has 2 aromatic rings. The van der Waals surface area contributed by atoms with Crippen LogP contribution >= 0.6 is 27.5 Å². The third-order valence-corrected chi connectivity index (χ3v) is 3.82. The summed E-state index contributed by atoms with van der Waals surface area (Å²) in [5.41, 5.74) is 1.30. The van der Waals surface area contributed by atoms with Crippen LogP contribution in [-0.2, 0) is 12.8 Å². The van der Waals surface area contributed by atoms with Crippen LogP contribution < -0.4 is 0 Å². The molecule has 0 aliphatic heterocycles. The number of imidazole rings is 1. The van der Waals surface area contributed by atoms with Crippen molar-refractivity contribution in [1.29, 1.82) is 0 Å². The first-order chi connectivity index (χ1) is 9.60. The van der Waals surface area contributed by atoms with Crippen molar-refractivity contribution in [2.45, 2.75) is 32.6 Å². The zero-order chi connectivity index (χ0) is 14.5. The Morgan fingerprint density at radius 1 is 1.35 bits per heavy atom. The van der Waals surface area contributed by atoms with Crippen LogP contribution in [0.1, 0.15) is 41.6 Å². The Bertz CT molecular complexity index is 592. The number of Topliss-reactive ketones (excluding diaryl/α,β-unsaturated/α-hetero) is 1. The monoisotopic (exact) mass is 354 g/mol. The molecule has 1 heterocycles. The highest BCUT2D eigenvalue weighted by molar-refractivity contribution is 9.10. The fraction of sp³-hybridized carbons (Fsp3) is 0.333. The van der Waals surface area contributed by atoms with Crippen LogP contribution in [0, 0.1) is 0 Å². The molecule has 0 radical (unpaired) electrons. The minimum absolute atomic E-state index is 0.0590. The maximum atomic E-state index is 12.2. The molecule has 3 nitrogen and oxygen atoms in total. The van der Waals surface area contributed by atoms with Gasteiger partial charge in [0.05, 0.1) is 0 Å².